The molecule has 0 fully saturated rings. The van der Waals surface area contributed by atoms with Gasteiger partial charge in [0.15, 0.2) is 0 Å². The molecule has 0 aliphatic carbocycles. The van der Waals surface area contributed by atoms with Crippen molar-refractivity contribution < 1.29 is 9.53 Å². The molecule has 0 atom stereocenters. The molecule has 3 N–H and O–H groups in total. The van der Waals surface area contributed by atoms with Gasteiger partial charge in [-0.1, -0.05) is 11.6 Å². The van der Waals surface area contributed by atoms with Crippen molar-refractivity contribution >= 4 is 17.6 Å². The summed E-state index contributed by atoms with van der Waals surface area (Å²) in [7, 11) is 0. The van der Waals surface area contributed by atoms with E-state index in [1.165, 1.54) is 0 Å². The van der Waals surface area contributed by atoms with Gasteiger partial charge < -0.3 is 4.74 Å². The minimum atomic E-state index is -0.440. The predicted octanol–water partition coefficient (Wildman–Crippen LogP) is 0.709. The Kier molecular flexibility index (Phi) is 3.70. The zero-order valence-electron chi connectivity index (χ0n) is 6.79. The van der Waals surface area contributed by atoms with E-state index >= 15 is 0 Å². The summed E-state index contributed by atoms with van der Waals surface area (Å²) >= 11 is 5.64. The summed E-state index contributed by atoms with van der Waals surface area (Å²) in [6.45, 7) is -0.0252. The first-order valence-corrected chi connectivity index (χ1v) is 4.00. The zero-order valence-corrected chi connectivity index (χ0v) is 7.54. The fourth-order valence-corrected chi connectivity index (χ4v) is 0.879. The molecule has 0 unspecified atom stereocenters. The number of rotatable bonds is 3. The second kappa shape index (κ2) is 4.81. The van der Waals surface area contributed by atoms with Crippen LogP contribution in [0.2, 0.25) is 5.02 Å². The van der Waals surface area contributed by atoms with Crippen LogP contribution in [0.15, 0.2) is 24.3 Å². The molecule has 1 aromatic rings. The van der Waals surface area contributed by atoms with Gasteiger partial charge in [-0.15, -0.1) is 0 Å². The predicted molar refractivity (Wildman–Crippen MR) is 49.3 cm³/mol. The van der Waals surface area contributed by atoms with Gasteiger partial charge in [0.1, 0.15) is 12.3 Å². The third kappa shape index (κ3) is 3.42. The number of nitrogens with one attached hydrogen (secondary N) is 1. The van der Waals surface area contributed by atoms with Crippen molar-refractivity contribution in [1.82, 2.24) is 5.43 Å². The van der Waals surface area contributed by atoms with Gasteiger partial charge in [-0.2, -0.15) is 0 Å². The first-order valence-electron chi connectivity index (χ1n) is 3.62. The third-order valence-electron chi connectivity index (χ3n) is 1.29. The van der Waals surface area contributed by atoms with E-state index in [1.807, 2.05) is 0 Å². The van der Waals surface area contributed by atoms with Crippen LogP contribution in [-0.4, -0.2) is 12.5 Å². The Balaban J connectivity index is 2.54. The van der Waals surface area contributed by atoms with Crippen LogP contribution in [-0.2, 0) is 4.79 Å². The second-order valence-corrected chi connectivity index (χ2v) is 2.75. The smallest absolute Gasteiger partial charge is 0.326 e. The Labute approximate surface area is 80.6 Å². The number of carbonyl (C=O) groups is 1. The molecule has 70 valence electrons. The molecule has 13 heavy (non-hydrogen) atoms. The first-order chi connectivity index (χ1) is 6.22. The molecule has 5 heteroatoms. The van der Waals surface area contributed by atoms with Crippen molar-refractivity contribution in [1.29, 1.82) is 0 Å². The summed E-state index contributed by atoms with van der Waals surface area (Å²) < 4.78 is 4.87. The standard InChI is InChI=1S/C8H9ClN2O2/c9-6-1-3-7(4-2-6)13-8(12)5-11-10/h1-4,11H,5,10H2. The van der Waals surface area contributed by atoms with Gasteiger partial charge in [0.2, 0.25) is 0 Å². The van der Waals surface area contributed by atoms with Crippen LogP contribution in [0.4, 0.5) is 0 Å². The van der Waals surface area contributed by atoms with Crippen molar-refractivity contribution in [2.45, 2.75) is 0 Å². The Morgan fingerprint density at radius 2 is 2.08 bits per heavy atom. The van der Waals surface area contributed by atoms with Crippen LogP contribution in [0.1, 0.15) is 0 Å². The molecular formula is C8H9ClN2O2. The highest BCUT2D eigenvalue weighted by atomic mass is 35.5. The molecule has 0 saturated carbocycles. The molecule has 0 aliphatic rings. The lowest BCUT2D eigenvalue weighted by Gasteiger charge is -2.02. The lowest BCUT2D eigenvalue weighted by Crippen LogP contribution is -2.31. The highest BCUT2D eigenvalue weighted by molar-refractivity contribution is 6.30. The number of ether oxygens (including phenoxy) is 1. The summed E-state index contributed by atoms with van der Waals surface area (Å²) in [5.74, 6) is 4.94. The van der Waals surface area contributed by atoms with Crippen LogP contribution in [0.25, 0.3) is 0 Å². The quantitative estimate of drug-likeness (QED) is 0.327. The molecule has 0 aromatic heterocycles. The van der Waals surface area contributed by atoms with Gasteiger partial charge in [-0.25, -0.2) is 5.43 Å². The van der Waals surface area contributed by atoms with Crippen LogP contribution in [0.5, 0.6) is 5.75 Å². The number of hydrazine groups is 1. The van der Waals surface area contributed by atoms with Gasteiger partial charge in [0, 0.05) is 5.02 Å². The van der Waals surface area contributed by atoms with Crippen LogP contribution in [0, 0.1) is 0 Å². The molecule has 0 aliphatic heterocycles. The first kappa shape index (κ1) is 9.98. The minimum Gasteiger partial charge on any atom is -0.426 e. The van der Waals surface area contributed by atoms with Gasteiger partial charge in [-0.05, 0) is 24.3 Å². The average molecular weight is 201 g/mol. The van der Waals surface area contributed by atoms with Gasteiger partial charge >= 0.3 is 5.97 Å². The fraction of sp³-hybridized carbons (Fsp3) is 0.125. The fourth-order valence-electron chi connectivity index (χ4n) is 0.754. The SMILES string of the molecule is NNCC(=O)Oc1ccc(Cl)cc1. The molecule has 0 heterocycles. The molecule has 0 spiro atoms. The van der Waals surface area contributed by atoms with Crippen molar-refractivity contribution in [2.75, 3.05) is 6.54 Å². The Morgan fingerprint density at radius 1 is 1.46 bits per heavy atom. The topological polar surface area (TPSA) is 64.3 Å². The maximum Gasteiger partial charge on any atom is 0.326 e. The number of hydrogen-bond donors (Lipinski definition) is 2. The number of hydrogen-bond acceptors (Lipinski definition) is 4. The van der Waals surface area contributed by atoms with E-state index in [0.717, 1.165) is 0 Å². The molecule has 0 saturated heterocycles. The molecule has 1 aromatic carbocycles. The number of carbonyl (C=O) groups excluding carboxylic acids is 1. The average Bonchev–Trinajstić information content (AvgIpc) is 2.09. The highest BCUT2D eigenvalue weighted by Crippen LogP contribution is 2.15. The van der Waals surface area contributed by atoms with Gasteiger partial charge in [0.25, 0.3) is 0 Å². The Morgan fingerprint density at radius 3 is 2.62 bits per heavy atom. The summed E-state index contributed by atoms with van der Waals surface area (Å²) in [5, 5.41) is 0.594. The van der Waals surface area contributed by atoms with Crippen molar-refractivity contribution in [3.63, 3.8) is 0 Å². The van der Waals surface area contributed by atoms with Gasteiger partial charge in [0.05, 0.1) is 0 Å². The molecule has 4 nitrogen and oxygen atoms in total. The van der Waals surface area contributed by atoms with Crippen LogP contribution >= 0.6 is 11.6 Å². The van der Waals surface area contributed by atoms with Crippen molar-refractivity contribution in [3.8, 4) is 5.75 Å². The molecule has 1 rings (SSSR count). The number of nitrogens with two attached hydrogens (primary N) is 1. The Bertz CT molecular complexity index is 287. The molecule has 0 amide bonds. The van der Waals surface area contributed by atoms with Crippen molar-refractivity contribution in [3.05, 3.63) is 29.3 Å². The van der Waals surface area contributed by atoms with E-state index in [4.69, 9.17) is 22.2 Å². The van der Waals surface area contributed by atoms with Crippen LogP contribution in [0.3, 0.4) is 0 Å². The minimum absolute atomic E-state index is 0.0252. The monoisotopic (exact) mass is 200 g/mol. The maximum atomic E-state index is 10.9. The van der Waals surface area contributed by atoms with E-state index in [2.05, 4.69) is 5.43 Å². The zero-order chi connectivity index (χ0) is 9.68. The number of halogens is 1. The Hall–Kier alpha value is -1.10. The number of benzene rings is 1. The van der Waals surface area contributed by atoms with Crippen molar-refractivity contribution in [2.24, 2.45) is 5.84 Å². The highest BCUT2D eigenvalue weighted by Gasteiger charge is 2.02. The largest absolute Gasteiger partial charge is 0.426 e. The number of esters is 1. The van der Waals surface area contributed by atoms with E-state index in [9.17, 15) is 4.79 Å². The third-order valence-corrected chi connectivity index (χ3v) is 1.54. The molecule has 0 radical (unpaired) electrons. The lowest BCUT2D eigenvalue weighted by atomic mass is 10.3. The molecule has 0 bridgehead atoms. The van der Waals surface area contributed by atoms with Crippen LogP contribution < -0.4 is 16.0 Å². The summed E-state index contributed by atoms with van der Waals surface area (Å²) in [6, 6.07) is 6.49. The normalized spacial score (nSPS) is 9.69. The lowest BCUT2D eigenvalue weighted by molar-refractivity contribution is -0.133. The summed E-state index contributed by atoms with van der Waals surface area (Å²) in [5.41, 5.74) is 2.20. The van der Waals surface area contributed by atoms with E-state index in [-0.39, 0.29) is 6.54 Å². The van der Waals surface area contributed by atoms with E-state index in [1.54, 1.807) is 24.3 Å². The maximum absolute atomic E-state index is 10.9. The summed E-state index contributed by atoms with van der Waals surface area (Å²) in [4.78, 5) is 10.9. The van der Waals surface area contributed by atoms with E-state index in [0.29, 0.717) is 10.8 Å². The second-order valence-electron chi connectivity index (χ2n) is 2.31. The molecular weight excluding hydrogens is 192 g/mol. The van der Waals surface area contributed by atoms with Gasteiger partial charge in [-0.3, -0.25) is 10.6 Å². The van der Waals surface area contributed by atoms with E-state index < -0.39 is 5.97 Å². The summed E-state index contributed by atoms with van der Waals surface area (Å²) in [6.07, 6.45) is 0.